The number of esters is 1. The first-order valence-electron chi connectivity index (χ1n) is 7.66. The van der Waals surface area contributed by atoms with E-state index in [0.717, 1.165) is 12.5 Å². The zero-order valence-electron chi connectivity index (χ0n) is 13.8. The normalized spacial score (nSPS) is 13.5. The Balaban J connectivity index is 2.07. The van der Waals surface area contributed by atoms with Gasteiger partial charge in [0.15, 0.2) is 17.6 Å². The lowest BCUT2D eigenvalue weighted by Gasteiger charge is -2.11. The molecule has 134 valence electrons. The van der Waals surface area contributed by atoms with Crippen molar-refractivity contribution in [1.29, 1.82) is 0 Å². The van der Waals surface area contributed by atoms with Crippen molar-refractivity contribution in [3.05, 3.63) is 33.9 Å². The summed E-state index contributed by atoms with van der Waals surface area (Å²) >= 11 is 0. The third kappa shape index (κ3) is 4.69. The SMILES string of the molecule is CCCNC(=O)[C@H](C)OC(=O)/C=C/c1cc2c(cc1[N+](=O)[O-])OCO2. The fraction of sp³-hybridized carbons (Fsp3) is 0.375. The number of fused-ring (bicyclic) bond motifs is 1. The minimum absolute atomic E-state index is 0.0217. The number of nitro groups is 1. The monoisotopic (exact) mass is 350 g/mol. The number of nitro benzene ring substituents is 1. The van der Waals surface area contributed by atoms with E-state index in [-0.39, 0.29) is 23.8 Å². The van der Waals surface area contributed by atoms with E-state index in [4.69, 9.17) is 14.2 Å². The molecule has 9 nitrogen and oxygen atoms in total. The molecule has 1 N–H and O–H groups in total. The molecule has 0 saturated heterocycles. The lowest BCUT2D eigenvalue weighted by molar-refractivity contribution is -0.385. The quantitative estimate of drug-likeness (QED) is 0.345. The Bertz CT molecular complexity index is 715. The summed E-state index contributed by atoms with van der Waals surface area (Å²) in [5, 5.41) is 13.7. The number of carbonyl (C=O) groups is 2. The van der Waals surface area contributed by atoms with Crippen molar-refractivity contribution < 1.29 is 28.7 Å². The molecule has 1 aromatic rings. The zero-order valence-corrected chi connectivity index (χ0v) is 13.8. The molecular weight excluding hydrogens is 332 g/mol. The number of carbonyl (C=O) groups excluding carboxylic acids is 2. The summed E-state index contributed by atoms with van der Waals surface area (Å²) in [6.07, 6.45) is 2.06. The van der Waals surface area contributed by atoms with E-state index in [1.54, 1.807) is 0 Å². The number of nitrogens with one attached hydrogen (secondary N) is 1. The second kappa shape index (κ2) is 8.13. The molecule has 0 aliphatic carbocycles. The highest BCUT2D eigenvalue weighted by Gasteiger charge is 2.22. The smallest absolute Gasteiger partial charge is 0.331 e. The number of benzene rings is 1. The van der Waals surface area contributed by atoms with Crippen molar-refractivity contribution in [2.24, 2.45) is 0 Å². The van der Waals surface area contributed by atoms with E-state index in [1.807, 2.05) is 6.92 Å². The Morgan fingerprint density at radius 1 is 1.40 bits per heavy atom. The fourth-order valence-corrected chi connectivity index (χ4v) is 2.06. The van der Waals surface area contributed by atoms with Crippen molar-refractivity contribution in [3.63, 3.8) is 0 Å². The first kappa shape index (κ1) is 18.2. The van der Waals surface area contributed by atoms with Crippen molar-refractivity contribution >= 4 is 23.6 Å². The number of rotatable bonds is 7. The number of hydrogen-bond donors (Lipinski definition) is 1. The topological polar surface area (TPSA) is 117 Å². The molecule has 25 heavy (non-hydrogen) atoms. The Morgan fingerprint density at radius 2 is 2.08 bits per heavy atom. The van der Waals surface area contributed by atoms with Crippen molar-refractivity contribution in [2.75, 3.05) is 13.3 Å². The van der Waals surface area contributed by atoms with Gasteiger partial charge < -0.3 is 19.5 Å². The predicted octanol–water partition coefficient (Wildman–Crippen LogP) is 1.79. The molecular formula is C16H18N2O7. The highest BCUT2D eigenvalue weighted by Crippen LogP contribution is 2.38. The van der Waals surface area contributed by atoms with Crippen molar-refractivity contribution in [3.8, 4) is 11.5 Å². The lowest BCUT2D eigenvalue weighted by Crippen LogP contribution is -2.35. The van der Waals surface area contributed by atoms with Crippen LogP contribution < -0.4 is 14.8 Å². The molecule has 9 heteroatoms. The van der Waals surface area contributed by atoms with E-state index in [0.29, 0.717) is 12.3 Å². The van der Waals surface area contributed by atoms with Crippen LogP contribution in [0.5, 0.6) is 11.5 Å². The van der Waals surface area contributed by atoms with Gasteiger partial charge in [-0.2, -0.15) is 0 Å². The fourth-order valence-electron chi connectivity index (χ4n) is 2.06. The number of nitrogens with zero attached hydrogens (tertiary/aromatic N) is 1. The van der Waals surface area contributed by atoms with Crippen molar-refractivity contribution in [1.82, 2.24) is 5.32 Å². The molecule has 1 aliphatic rings. The van der Waals surface area contributed by atoms with Gasteiger partial charge in [-0.05, 0) is 25.5 Å². The van der Waals surface area contributed by atoms with Gasteiger partial charge in [-0.1, -0.05) is 6.92 Å². The van der Waals surface area contributed by atoms with Gasteiger partial charge in [-0.3, -0.25) is 14.9 Å². The summed E-state index contributed by atoms with van der Waals surface area (Å²) in [6, 6.07) is 2.63. The molecule has 1 aromatic carbocycles. The second-order valence-corrected chi connectivity index (χ2v) is 5.22. The second-order valence-electron chi connectivity index (χ2n) is 5.22. The molecule has 2 rings (SSSR count). The van der Waals surface area contributed by atoms with Crippen LogP contribution in [0.2, 0.25) is 0 Å². The minimum Gasteiger partial charge on any atom is -0.454 e. The van der Waals surface area contributed by atoms with Crippen LogP contribution in [0.1, 0.15) is 25.8 Å². The Hall–Kier alpha value is -3.10. The van der Waals surface area contributed by atoms with Crippen LogP contribution in [-0.2, 0) is 14.3 Å². The van der Waals surface area contributed by atoms with E-state index < -0.39 is 22.9 Å². The first-order valence-corrected chi connectivity index (χ1v) is 7.66. The molecule has 0 aromatic heterocycles. The van der Waals surface area contributed by atoms with E-state index >= 15 is 0 Å². The summed E-state index contributed by atoms with van der Waals surface area (Å²) in [5.74, 6) is -0.567. The average molecular weight is 350 g/mol. The Labute approximate surface area is 143 Å². The highest BCUT2D eigenvalue weighted by molar-refractivity contribution is 5.91. The summed E-state index contributed by atoms with van der Waals surface area (Å²) < 4.78 is 15.2. The predicted molar refractivity (Wildman–Crippen MR) is 87.1 cm³/mol. The van der Waals surface area contributed by atoms with E-state index in [2.05, 4.69) is 5.32 Å². The van der Waals surface area contributed by atoms with Gasteiger partial charge >= 0.3 is 5.97 Å². The van der Waals surface area contributed by atoms with Gasteiger partial charge in [0.05, 0.1) is 16.6 Å². The zero-order chi connectivity index (χ0) is 18.4. The van der Waals surface area contributed by atoms with E-state index in [9.17, 15) is 19.7 Å². The van der Waals surface area contributed by atoms with Gasteiger partial charge in [0.25, 0.3) is 11.6 Å². The van der Waals surface area contributed by atoms with Gasteiger partial charge in [-0.25, -0.2) is 4.79 Å². The maximum atomic E-state index is 11.8. The van der Waals surface area contributed by atoms with Crippen LogP contribution in [0.25, 0.3) is 6.08 Å². The van der Waals surface area contributed by atoms with Gasteiger partial charge in [-0.15, -0.1) is 0 Å². The first-order chi connectivity index (χ1) is 11.9. The molecule has 1 heterocycles. The largest absolute Gasteiger partial charge is 0.454 e. The van der Waals surface area contributed by atoms with Crippen LogP contribution in [0.4, 0.5) is 5.69 Å². The standard InChI is InChI=1S/C16H18N2O7/c1-3-6-17-16(20)10(2)25-15(19)5-4-11-7-13-14(24-9-23-13)8-12(11)18(21)22/h4-5,7-8,10H,3,6,9H2,1-2H3,(H,17,20)/b5-4+/t10-/m0/s1. The van der Waals surface area contributed by atoms with Gasteiger partial charge in [0, 0.05) is 12.6 Å². The van der Waals surface area contributed by atoms with Crippen molar-refractivity contribution in [2.45, 2.75) is 26.4 Å². The minimum atomic E-state index is -0.963. The summed E-state index contributed by atoms with van der Waals surface area (Å²) in [7, 11) is 0. The molecule has 1 amide bonds. The number of amides is 1. The molecule has 0 spiro atoms. The summed E-state index contributed by atoms with van der Waals surface area (Å²) in [4.78, 5) is 34.0. The van der Waals surface area contributed by atoms with Crippen LogP contribution in [-0.4, -0.2) is 36.2 Å². The number of hydrogen-bond acceptors (Lipinski definition) is 7. The maximum Gasteiger partial charge on any atom is 0.331 e. The summed E-state index contributed by atoms with van der Waals surface area (Å²) in [6.45, 7) is 3.81. The highest BCUT2D eigenvalue weighted by atomic mass is 16.7. The molecule has 0 fully saturated rings. The number of ether oxygens (including phenoxy) is 3. The lowest BCUT2D eigenvalue weighted by atomic mass is 10.1. The third-order valence-corrected chi connectivity index (χ3v) is 3.33. The van der Waals surface area contributed by atoms with Gasteiger partial charge in [0.1, 0.15) is 0 Å². The van der Waals surface area contributed by atoms with Crippen LogP contribution in [0.3, 0.4) is 0 Å². The maximum absolute atomic E-state index is 11.8. The average Bonchev–Trinajstić information content (AvgIpc) is 3.04. The Kier molecular flexibility index (Phi) is 5.93. The van der Waals surface area contributed by atoms with Gasteiger partial charge in [0.2, 0.25) is 6.79 Å². The molecule has 1 aliphatic heterocycles. The van der Waals surface area contributed by atoms with Crippen LogP contribution in [0, 0.1) is 10.1 Å². The molecule has 0 unspecified atom stereocenters. The van der Waals surface area contributed by atoms with Crippen LogP contribution in [0.15, 0.2) is 18.2 Å². The molecule has 1 atom stereocenters. The molecule has 0 saturated carbocycles. The summed E-state index contributed by atoms with van der Waals surface area (Å²) in [5.41, 5.74) is -0.0728. The van der Waals surface area contributed by atoms with E-state index in [1.165, 1.54) is 25.1 Å². The molecule has 0 bridgehead atoms. The Morgan fingerprint density at radius 3 is 2.72 bits per heavy atom. The third-order valence-electron chi connectivity index (χ3n) is 3.33. The van der Waals surface area contributed by atoms with Crippen LogP contribution >= 0.6 is 0 Å². The molecule has 0 radical (unpaired) electrons.